The van der Waals surface area contributed by atoms with Crippen LogP contribution in [0.4, 0.5) is 0 Å². The van der Waals surface area contributed by atoms with Crippen molar-refractivity contribution in [2.24, 2.45) is 0 Å². The lowest BCUT2D eigenvalue weighted by Crippen LogP contribution is -2.59. The first-order valence-corrected chi connectivity index (χ1v) is 5.73. The van der Waals surface area contributed by atoms with E-state index < -0.39 is 0 Å². The molecule has 1 aliphatic rings. The zero-order chi connectivity index (χ0) is 11.5. The first-order valence-electron chi connectivity index (χ1n) is 5.73. The van der Waals surface area contributed by atoms with Gasteiger partial charge in [0.1, 0.15) is 0 Å². The lowest BCUT2D eigenvalue weighted by Gasteiger charge is -2.42. The molecule has 1 aliphatic heterocycles. The van der Waals surface area contributed by atoms with E-state index in [0.29, 0.717) is 6.04 Å². The van der Waals surface area contributed by atoms with Crippen molar-refractivity contribution in [1.29, 1.82) is 0 Å². The Morgan fingerprint density at radius 3 is 2.60 bits per heavy atom. The van der Waals surface area contributed by atoms with Gasteiger partial charge in [0.2, 0.25) is 0 Å². The number of rotatable bonds is 4. The molecule has 90 valence electrons. The Morgan fingerprint density at radius 1 is 1.47 bits per heavy atom. The van der Waals surface area contributed by atoms with Gasteiger partial charge in [0.15, 0.2) is 0 Å². The number of aliphatic hydroxyl groups excluding tert-OH is 1. The van der Waals surface area contributed by atoms with Gasteiger partial charge in [0.25, 0.3) is 0 Å². The van der Waals surface area contributed by atoms with Crippen LogP contribution in [0, 0.1) is 0 Å². The van der Waals surface area contributed by atoms with Crippen LogP contribution in [0.5, 0.6) is 0 Å². The summed E-state index contributed by atoms with van der Waals surface area (Å²) in [6.07, 6.45) is 0. The van der Waals surface area contributed by atoms with Gasteiger partial charge in [-0.15, -0.1) is 0 Å². The highest BCUT2D eigenvalue weighted by Gasteiger charge is 2.29. The summed E-state index contributed by atoms with van der Waals surface area (Å²) in [5, 5.41) is 12.6. The molecule has 2 unspecified atom stereocenters. The highest BCUT2D eigenvalue weighted by molar-refractivity contribution is 4.88. The Morgan fingerprint density at radius 2 is 2.13 bits per heavy atom. The van der Waals surface area contributed by atoms with Gasteiger partial charge in [0.05, 0.1) is 12.1 Å². The quantitative estimate of drug-likeness (QED) is 0.669. The van der Waals surface area contributed by atoms with E-state index in [1.165, 1.54) is 0 Å². The molecule has 4 nitrogen and oxygen atoms in total. The molecular weight excluding hydrogens is 190 g/mol. The summed E-state index contributed by atoms with van der Waals surface area (Å²) in [7, 11) is 4.08. The fourth-order valence-corrected chi connectivity index (χ4v) is 2.07. The molecule has 0 radical (unpaired) electrons. The second kappa shape index (κ2) is 5.25. The van der Waals surface area contributed by atoms with E-state index in [1.807, 2.05) is 7.05 Å². The summed E-state index contributed by atoms with van der Waals surface area (Å²) < 4.78 is 0. The van der Waals surface area contributed by atoms with Crippen molar-refractivity contribution in [2.45, 2.75) is 25.4 Å². The number of piperazine rings is 1. The molecule has 2 atom stereocenters. The maximum absolute atomic E-state index is 9.35. The average molecular weight is 215 g/mol. The minimum atomic E-state index is -0.176. The number of nitrogens with one attached hydrogen (secondary N) is 1. The molecule has 0 aromatic rings. The van der Waals surface area contributed by atoms with E-state index in [0.717, 1.165) is 26.2 Å². The fourth-order valence-electron chi connectivity index (χ4n) is 2.07. The van der Waals surface area contributed by atoms with Gasteiger partial charge in [0, 0.05) is 32.2 Å². The molecule has 4 heteroatoms. The van der Waals surface area contributed by atoms with E-state index >= 15 is 0 Å². The lowest BCUT2D eigenvalue weighted by molar-refractivity contribution is 0.0558. The van der Waals surface area contributed by atoms with Crippen molar-refractivity contribution >= 4 is 0 Å². The molecule has 15 heavy (non-hydrogen) atoms. The third-order valence-corrected chi connectivity index (χ3v) is 3.47. The predicted molar refractivity (Wildman–Crippen MR) is 63.1 cm³/mol. The summed E-state index contributed by atoms with van der Waals surface area (Å²) in [5.41, 5.74) is -0.176. The summed E-state index contributed by atoms with van der Waals surface area (Å²) in [6.45, 7) is 8.74. The standard InChI is InChI=1S/C11H25N3O/c1-10-7-13(4)5-6-14(10)8-11(2,9-15)12-3/h10,12,15H,5-9H2,1-4H3. The highest BCUT2D eigenvalue weighted by atomic mass is 16.3. The van der Waals surface area contributed by atoms with Crippen molar-refractivity contribution in [3.8, 4) is 0 Å². The molecule has 0 aliphatic carbocycles. The van der Waals surface area contributed by atoms with E-state index in [4.69, 9.17) is 0 Å². The van der Waals surface area contributed by atoms with Crippen LogP contribution in [-0.4, -0.2) is 73.4 Å². The molecule has 0 saturated carbocycles. The molecule has 1 heterocycles. The highest BCUT2D eigenvalue weighted by Crippen LogP contribution is 2.12. The van der Waals surface area contributed by atoms with Crippen molar-refractivity contribution in [1.82, 2.24) is 15.1 Å². The second-order valence-corrected chi connectivity index (χ2v) is 5.05. The number of hydrogen-bond acceptors (Lipinski definition) is 4. The zero-order valence-electron chi connectivity index (χ0n) is 10.5. The largest absolute Gasteiger partial charge is 0.394 e. The van der Waals surface area contributed by atoms with Gasteiger partial charge in [-0.25, -0.2) is 0 Å². The first-order chi connectivity index (χ1) is 7.00. The summed E-state index contributed by atoms with van der Waals surface area (Å²) in [6, 6.07) is 0.572. The van der Waals surface area contributed by atoms with Crippen LogP contribution in [0.15, 0.2) is 0 Å². The maximum Gasteiger partial charge on any atom is 0.0623 e. The number of aliphatic hydroxyl groups is 1. The van der Waals surface area contributed by atoms with Crippen molar-refractivity contribution in [3.05, 3.63) is 0 Å². The van der Waals surface area contributed by atoms with Gasteiger partial charge in [-0.05, 0) is 27.9 Å². The Balaban J connectivity index is 2.50. The number of hydrogen-bond donors (Lipinski definition) is 2. The van der Waals surface area contributed by atoms with Crippen molar-refractivity contribution in [3.63, 3.8) is 0 Å². The van der Waals surface area contributed by atoms with Crippen LogP contribution in [-0.2, 0) is 0 Å². The van der Waals surface area contributed by atoms with E-state index in [-0.39, 0.29) is 12.1 Å². The summed E-state index contributed by atoms with van der Waals surface area (Å²) in [4.78, 5) is 4.81. The van der Waals surface area contributed by atoms with Gasteiger partial charge in [-0.1, -0.05) is 0 Å². The van der Waals surface area contributed by atoms with E-state index in [1.54, 1.807) is 0 Å². The molecule has 0 amide bonds. The lowest BCUT2D eigenvalue weighted by atomic mass is 10.0. The molecule has 0 bridgehead atoms. The minimum Gasteiger partial charge on any atom is -0.394 e. The van der Waals surface area contributed by atoms with Crippen LogP contribution in [0.1, 0.15) is 13.8 Å². The second-order valence-electron chi connectivity index (χ2n) is 5.05. The maximum atomic E-state index is 9.35. The molecule has 1 rings (SSSR count). The third kappa shape index (κ3) is 3.41. The SMILES string of the molecule is CNC(C)(CO)CN1CCN(C)CC1C. The average Bonchev–Trinajstić information content (AvgIpc) is 2.22. The minimum absolute atomic E-state index is 0.176. The Bertz CT molecular complexity index is 194. The molecule has 0 spiro atoms. The van der Waals surface area contributed by atoms with Gasteiger partial charge >= 0.3 is 0 Å². The molecule has 1 saturated heterocycles. The normalized spacial score (nSPS) is 29.0. The number of nitrogens with zero attached hydrogens (tertiary/aromatic N) is 2. The summed E-state index contributed by atoms with van der Waals surface area (Å²) in [5.74, 6) is 0. The number of likely N-dealkylation sites (N-methyl/N-ethyl adjacent to an activating group) is 2. The monoisotopic (exact) mass is 215 g/mol. The fraction of sp³-hybridized carbons (Fsp3) is 1.00. The van der Waals surface area contributed by atoms with Gasteiger partial charge in [-0.3, -0.25) is 4.90 Å². The predicted octanol–water partition coefficient (Wildman–Crippen LogP) is -0.407. The Kier molecular flexibility index (Phi) is 4.52. The molecular formula is C11H25N3O. The topological polar surface area (TPSA) is 38.7 Å². The Hall–Kier alpha value is -0.160. The molecule has 2 N–H and O–H groups in total. The van der Waals surface area contributed by atoms with Crippen molar-refractivity contribution in [2.75, 3.05) is 46.9 Å². The van der Waals surface area contributed by atoms with E-state index in [9.17, 15) is 5.11 Å². The van der Waals surface area contributed by atoms with E-state index in [2.05, 4.69) is 36.0 Å². The molecule has 0 aromatic heterocycles. The van der Waals surface area contributed by atoms with Crippen LogP contribution in [0.2, 0.25) is 0 Å². The molecule has 0 aromatic carbocycles. The van der Waals surface area contributed by atoms with Gasteiger partial charge < -0.3 is 15.3 Å². The van der Waals surface area contributed by atoms with Crippen LogP contribution >= 0.6 is 0 Å². The first kappa shape index (κ1) is 12.9. The van der Waals surface area contributed by atoms with Crippen LogP contribution in [0.25, 0.3) is 0 Å². The summed E-state index contributed by atoms with van der Waals surface area (Å²) >= 11 is 0. The molecule has 1 fully saturated rings. The van der Waals surface area contributed by atoms with Crippen molar-refractivity contribution < 1.29 is 5.11 Å². The third-order valence-electron chi connectivity index (χ3n) is 3.47. The van der Waals surface area contributed by atoms with Crippen LogP contribution in [0.3, 0.4) is 0 Å². The zero-order valence-corrected chi connectivity index (χ0v) is 10.5. The smallest absolute Gasteiger partial charge is 0.0623 e. The Labute approximate surface area is 93.2 Å². The van der Waals surface area contributed by atoms with Crippen LogP contribution < -0.4 is 5.32 Å². The van der Waals surface area contributed by atoms with Gasteiger partial charge in [-0.2, -0.15) is 0 Å².